The number of urea groups is 1. The first-order valence-electron chi connectivity index (χ1n) is 8.15. The SMILES string of the molecule is CC1CCN(c2ccc(CNC(=O)NCCCO)cc2)CC1. The Hall–Kier alpha value is -1.75. The first kappa shape index (κ1) is 16.6. The van der Waals surface area contributed by atoms with E-state index < -0.39 is 0 Å². The van der Waals surface area contributed by atoms with Gasteiger partial charge in [-0.15, -0.1) is 0 Å². The van der Waals surface area contributed by atoms with Crippen LogP contribution in [0.15, 0.2) is 24.3 Å². The van der Waals surface area contributed by atoms with Crippen LogP contribution in [0.4, 0.5) is 10.5 Å². The zero-order chi connectivity index (χ0) is 15.8. The molecule has 0 aliphatic carbocycles. The number of nitrogens with zero attached hydrogens (tertiary/aromatic N) is 1. The molecule has 1 aliphatic heterocycles. The Morgan fingerprint density at radius 2 is 1.91 bits per heavy atom. The highest BCUT2D eigenvalue weighted by molar-refractivity contribution is 5.73. The summed E-state index contributed by atoms with van der Waals surface area (Å²) >= 11 is 0. The smallest absolute Gasteiger partial charge is 0.315 e. The maximum Gasteiger partial charge on any atom is 0.315 e. The second kappa shape index (κ2) is 8.63. The lowest BCUT2D eigenvalue weighted by Gasteiger charge is -2.32. The zero-order valence-electron chi connectivity index (χ0n) is 13.3. The molecule has 1 aromatic carbocycles. The Balaban J connectivity index is 1.76. The van der Waals surface area contributed by atoms with Gasteiger partial charge >= 0.3 is 6.03 Å². The van der Waals surface area contributed by atoms with Crippen molar-refractivity contribution in [3.8, 4) is 0 Å². The number of anilines is 1. The number of amides is 2. The predicted octanol–water partition coefficient (Wildman–Crippen LogP) is 2.10. The zero-order valence-corrected chi connectivity index (χ0v) is 13.3. The monoisotopic (exact) mass is 305 g/mol. The molecule has 2 rings (SSSR count). The molecule has 0 radical (unpaired) electrons. The van der Waals surface area contributed by atoms with Crippen molar-refractivity contribution in [2.45, 2.75) is 32.7 Å². The molecule has 0 aromatic heterocycles. The molecule has 22 heavy (non-hydrogen) atoms. The summed E-state index contributed by atoms with van der Waals surface area (Å²) in [4.78, 5) is 14.0. The second-order valence-corrected chi connectivity index (χ2v) is 6.02. The van der Waals surface area contributed by atoms with E-state index in [2.05, 4.69) is 46.7 Å². The molecule has 1 saturated heterocycles. The highest BCUT2D eigenvalue weighted by Crippen LogP contribution is 2.23. The largest absolute Gasteiger partial charge is 0.396 e. The molecule has 1 aliphatic rings. The number of aliphatic hydroxyl groups excluding tert-OH is 1. The molecule has 0 atom stereocenters. The molecule has 1 fully saturated rings. The number of hydrogen-bond donors (Lipinski definition) is 3. The summed E-state index contributed by atoms with van der Waals surface area (Å²) in [5, 5.41) is 14.2. The normalized spacial score (nSPS) is 15.6. The second-order valence-electron chi connectivity index (χ2n) is 6.02. The summed E-state index contributed by atoms with van der Waals surface area (Å²) < 4.78 is 0. The van der Waals surface area contributed by atoms with E-state index in [1.165, 1.54) is 18.5 Å². The maximum atomic E-state index is 11.5. The average molecular weight is 305 g/mol. The van der Waals surface area contributed by atoms with Crippen molar-refractivity contribution in [2.24, 2.45) is 5.92 Å². The fourth-order valence-corrected chi connectivity index (χ4v) is 2.62. The van der Waals surface area contributed by atoms with Gasteiger partial charge < -0.3 is 20.6 Å². The lowest BCUT2D eigenvalue weighted by Crippen LogP contribution is -2.35. The third kappa shape index (κ3) is 5.22. The fourth-order valence-electron chi connectivity index (χ4n) is 2.62. The molecule has 3 N–H and O–H groups in total. The Labute approximate surface area is 132 Å². The molecule has 1 aromatic rings. The summed E-state index contributed by atoms with van der Waals surface area (Å²) in [7, 11) is 0. The van der Waals surface area contributed by atoms with Crippen molar-refractivity contribution in [3.63, 3.8) is 0 Å². The van der Waals surface area contributed by atoms with Crippen molar-refractivity contribution in [2.75, 3.05) is 31.1 Å². The van der Waals surface area contributed by atoms with Crippen LogP contribution in [-0.4, -0.2) is 37.4 Å². The molecule has 5 heteroatoms. The molecule has 2 amide bonds. The molecule has 5 nitrogen and oxygen atoms in total. The summed E-state index contributed by atoms with van der Waals surface area (Å²) in [6.45, 7) is 5.68. The van der Waals surface area contributed by atoms with Gasteiger partial charge in [0.25, 0.3) is 0 Å². The van der Waals surface area contributed by atoms with Crippen LogP contribution in [0.5, 0.6) is 0 Å². The van der Waals surface area contributed by atoms with Crippen molar-refractivity contribution < 1.29 is 9.90 Å². The average Bonchev–Trinajstić information content (AvgIpc) is 2.54. The molecule has 1 heterocycles. The van der Waals surface area contributed by atoms with Crippen LogP contribution in [0.2, 0.25) is 0 Å². The van der Waals surface area contributed by atoms with Gasteiger partial charge in [0.05, 0.1) is 0 Å². The van der Waals surface area contributed by atoms with Crippen molar-refractivity contribution in [1.29, 1.82) is 0 Å². The molecular formula is C17H27N3O2. The van der Waals surface area contributed by atoms with Crippen molar-refractivity contribution in [3.05, 3.63) is 29.8 Å². The highest BCUT2D eigenvalue weighted by Gasteiger charge is 2.15. The third-order valence-electron chi connectivity index (χ3n) is 4.16. The fraction of sp³-hybridized carbons (Fsp3) is 0.588. The van der Waals surface area contributed by atoms with Gasteiger partial charge in [-0.05, 0) is 42.9 Å². The summed E-state index contributed by atoms with van der Waals surface area (Å²) in [5.41, 5.74) is 2.36. The van der Waals surface area contributed by atoms with Crippen LogP contribution in [0.1, 0.15) is 31.7 Å². The van der Waals surface area contributed by atoms with Crippen LogP contribution in [0, 0.1) is 5.92 Å². The van der Waals surface area contributed by atoms with Gasteiger partial charge in [0.1, 0.15) is 0 Å². The number of carbonyl (C=O) groups is 1. The number of carbonyl (C=O) groups excluding carboxylic acids is 1. The van der Waals surface area contributed by atoms with Gasteiger partial charge in [-0.2, -0.15) is 0 Å². The van der Waals surface area contributed by atoms with Crippen LogP contribution < -0.4 is 15.5 Å². The van der Waals surface area contributed by atoms with Crippen LogP contribution in [0.25, 0.3) is 0 Å². The maximum absolute atomic E-state index is 11.5. The van der Waals surface area contributed by atoms with Gasteiger partial charge in [-0.25, -0.2) is 4.79 Å². The minimum absolute atomic E-state index is 0.0943. The van der Waals surface area contributed by atoms with Crippen LogP contribution in [0.3, 0.4) is 0 Å². The van der Waals surface area contributed by atoms with Crippen molar-refractivity contribution in [1.82, 2.24) is 10.6 Å². The van der Waals surface area contributed by atoms with Gasteiger partial charge in [0.2, 0.25) is 0 Å². The Kier molecular flexibility index (Phi) is 6.52. The van der Waals surface area contributed by atoms with E-state index in [1.807, 2.05) is 0 Å². The van der Waals surface area contributed by atoms with E-state index in [1.54, 1.807) is 0 Å². The van der Waals surface area contributed by atoms with E-state index in [0.29, 0.717) is 19.5 Å². The minimum Gasteiger partial charge on any atom is -0.396 e. The van der Waals surface area contributed by atoms with Crippen LogP contribution >= 0.6 is 0 Å². The first-order valence-corrected chi connectivity index (χ1v) is 8.15. The number of benzene rings is 1. The standard InChI is InChI=1S/C17H27N3O2/c1-14-7-10-20(11-8-14)16-5-3-15(4-6-16)13-19-17(22)18-9-2-12-21/h3-6,14,21H,2,7-13H2,1H3,(H2,18,19,22). The quantitative estimate of drug-likeness (QED) is 0.705. The van der Waals surface area contributed by atoms with Crippen LogP contribution in [-0.2, 0) is 6.54 Å². The number of rotatable bonds is 6. The first-order chi connectivity index (χ1) is 10.7. The molecule has 122 valence electrons. The number of aliphatic hydroxyl groups is 1. The van der Waals surface area contributed by atoms with E-state index in [-0.39, 0.29) is 12.6 Å². The van der Waals surface area contributed by atoms with Gasteiger partial charge in [0, 0.05) is 38.5 Å². The summed E-state index contributed by atoms with van der Waals surface area (Å²) in [6.07, 6.45) is 3.10. The Bertz CT molecular complexity index is 453. The van der Waals surface area contributed by atoms with Gasteiger partial charge in [-0.3, -0.25) is 0 Å². The molecule has 0 bridgehead atoms. The lowest BCUT2D eigenvalue weighted by molar-refractivity contribution is 0.237. The van der Waals surface area contributed by atoms with Gasteiger partial charge in [-0.1, -0.05) is 19.1 Å². The number of hydrogen-bond acceptors (Lipinski definition) is 3. The number of piperidine rings is 1. The lowest BCUT2D eigenvalue weighted by atomic mass is 9.99. The highest BCUT2D eigenvalue weighted by atomic mass is 16.3. The van der Waals surface area contributed by atoms with Crippen molar-refractivity contribution >= 4 is 11.7 Å². The summed E-state index contributed by atoms with van der Waals surface area (Å²) in [5.74, 6) is 0.837. The topological polar surface area (TPSA) is 64.6 Å². The van der Waals surface area contributed by atoms with E-state index >= 15 is 0 Å². The predicted molar refractivity (Wildman–Crippen MR) is 89.0 cm³/mol. The van der Waals surface area contributed by atoms with E-state index in [0.717, 1.165) is 24.6 Å². The molecule has 0 unspecified atom stereocenters. The number of nitrogens with one attached hydrogen (secondary N) is 2. The van der Waals surface area contributed by atoms with Gasteiger partial charge in [0.15, 0.2) is 0 Å². The minimum atomic E-state index is -0.192. The van der Waals surface area contributed by atoms with E-state index in [9.17, 15) is 4.79 Å². The van der Waals surface area contributed by atoms with E-state index in [4.69, 9.17) is 5.11 Å². The summed E-state index contributed by atoms with van der Waals surface area (Å²) in [6, 6.07) is 8.22. The molecule has 0 spiro atoms. The Morgan fingerprint density at radius 1 is 1.23 bits per heavy atom. The molecule has 0 saturated carbocycles. The third-order valence-corrected chi connectivity index (χ3v) is 4.16. The molecular weight excluding hydrogens is 278 g/mol. The Morgan fingerprint density at radius 3 is 2.55 bits per heavy atom.